The van der Waals surface area contributed by atoms with Gasteiger partial charge in [-0.1, -0.05) is 0 Å². The molecule has 0 unspecified atom stereocenters. The molecular formula is C7H13N3OS. The average molecular weight is 187 g/mol. The summed E-state index contributed by atoms with van der Waals surface area (Å²) >= 11 is 1.58. The Kier molecular flexibility index (Phi) is 4.13. The first-order valence-electron chi connectivity index (χ1n) is 3.87. The molecule has 2 N–H and O–H groups in total. The predicted molar refractivity (Wildman–Crippen MR) is 48.0 cm³/mol. The minimum atomic E-state index is 0.488. The van der Waals surface area contributed by atoms with Crippen LogP contribution in [-0.4, -0.2) is 23.9 Å². The first-order chi connectivity index (χ1) is 5.86. The normalized spacial score (nSPS) is 10.5. The molecule has 1 heterocycles. The number of nitrogens with two attached hydrogens (primary N) is 1. The molecule has 68 valence electrons. The van der Waals surface area contributed by atoms with E-state index in [9.17, 15) is 0 Å². The Bertz CT molecular complexity index is 226. The van der Waals surface area contributed by atoms with Gasteiger partial charge in [-0.15, -0.1) is 21.5 Å². The highest BCUT2D eigenvalue weighted by Gasteiger charge is 2.01. The number of nitrogens with zero attached hydrogens (tertiary/aromatic N) is 2. The van der Waals surface area contributed by atoms with Crippen molar-refractivity contribution in [3.8, 4) is 0 Å². The lowest BCUT2D eigenvalue weighted by Gasteiger charge is -1.93. The van der Waals surface area contributed by atoms with E-state index < -0.39 is 0 Å². The highest BCUT2D eigenvalue weighted by Crippen LogP contribution is 2.10. The van der Waals surface area contributed by atoms with Crippen LogP contribution >= 0.6 is 11.3 Å². The molecule has 0 saturated heterocycles. The minimum Gasteiger partial charge on any atom is -0.385 e. The monoisotopic (exact) mass is 187 g/mol. The fourth-order valence-corrected chi connectivity index (χ4v) is 1.60. The summed E-state index contributed by atoms with van der Waals surface area (Å²) in [5.41, 5.74) is 5.40. The maximum Gasteiger partial charge on any atom is 0.131 e. The van der Waals surface area contributed by atoms with Gasteiger partial charge in [-0.25, -0.2) is 0 Å². The molecule has 1 aromatic rings. The second-order valence-corrected chi connectivity index (χ2v) is 3.54. The summed E-state index contributed by atoms with van der Waals surface area (Å²) < 4.78 is 4.93. The van der Waals surface area contributed by atoms with Crippen molar-refractivity contribution in [1.82, 2.24) is 10.2 Å². The number of aromatic nitrogens is 2. The van der Waals surface area contributed by atoms with Crippen molar-refractivity contribution in [3.05, 3.63) is 10.0 Å². The summed E-state index contributed by atoms with van der Waals surface area (Å²) in [6, 6.07) is 0. The van der Waals surface area contributed by atoms with Gasteiger partial charge in [0.25, 0.3) is 0 Å². The Balaban J connectivity index is 2.31. The summed E-state index contributed by atoms with van der Waals surface area (Å²) in [4.78, 5) is 0. The van der Waals surface area contributed by atoms with Crippen molar-refractivity contribution in [1.29, 1.82) is 0 Å². The van der Waals surface area contributed by atoms with Gasteiger partial charge in [-0.3, -0.25) is 0 Å². The largest absolute Gasteiger partial charge is 0.385 e. The molecule has 1 aromatic heterocycles. The van der Waals surface area contributed by atoms with Gasteiger partial charge < -0.3 is 10.5 Å². The first-order valence-corrected chi connectivity index (χ1v) is 4.68. The molecule has 0 fully saturated rings. The van der Waals surface area contributed by atoms with E-state index in [4.69, 9.17) is 10.5 Å². The molecule has 0 amide bonds. The van der Waals surface area contributed by atoms with Gasteiger partial charge in [-0.05, 0) is 6.42 Å². The van der Waals surface area contributed by atoms with Crippen molar-refractivity contribution >= 4 is 11.3 Å². The smallest absolute Gasteiger partial charge is 0.131 e. The minimum absolute atomic E-state index is 0.488. The van der Waals surface area contributed by atoms with Gasteiger partial charge in [0.2, 0.25) is 0 Å². The van der Waals surface area contributed by atoms with Crippen LogP contribution in [-0.2, 0) is 17.7 Å². The highest BCUT2D eigenvalue weighted by molar-refractivity contribution is 7.11. The zero-order valence-electron chi connectivity index (χ0n) is 7.12. The average Bonchev–Trinajstić information content (AvgIpc) is 2.53. The highest BCUT2D eigenvalue weighted by atomic mass is 32.1. The van der Waals surface area contributed by atoms with Crippen molar-refractivity contribution < 1.29 is 4.74 Å². The lowest BCUT2D eigenvalue weighted by atomic mass is 10.3. The third kappa shape index (κ3) is 2.84. The molecule has 5 heteroatoms. The Morgan fingerprint density at radius 3 is 2.75 bits per heavy atom. The van der Waals surface area contributed by atoms with Gasteiger partial charge in [0.05, 0.1) is 0 Å². The van der Waals surface area contributed by atoms with E-state index in [1.165, 1.54) is 0 Å². The van der Waals surface area contributed by atoms with E-state index in [2.05, 4.69) is 10.2 Å². The molecule has 0 aliphatic rings. The lowest BCUT2D eigenvalue weighted by molar-refractivity contribution is 0.195. The molecular weight excluding hydrogens is 174 g/mol. The third-order valence-corrected chi connectivity index (χ3v) is 2.43. The number of aryl methyl sites for hydroxylation is 1. The van der Waals surface area contributed by atoms with Crippen LogP contribution in [0.4, 0.5) is 0 Å². The summed E-state index contributed by atoms with van der Waals surface area (Å²) in [6.07, 6.45) is 1.93. The van der Waals surface area contributed by atoms with Crippen LogP contribution < -0.4 is 5.73 Å². The molecule has 0 saturated carbocycles. The predicted octanol–water partition coefficient (Wildman–Crippen LogP) is 0.576. The van der Waals surface area contributed by atoms with E-state index >= 15 is 0 Å². The van der Waals surface area contributed by atoms with E-state index in [-0.39, 0.29) is 0 Å². The SMILES string of the molecule is COCCCc1nnc(CN)s1. The molecule has 0 spiro atoms. The summed E-state index contributed by atoms with van der Waals surface area (Å²) in [5.74, 6) is 0. The van der Waals surface area contributed by atoms with Crippen LogP contribution in [0.25, 0.3) is 0 Å². The fourth-order valence-electron chi connectivity index (χ4n) is 0.840. The van der Waals surface area contributed by atoms with Gasteiger partial charge in [0, 0.05) is 26.7 Å². The Morgan fingerprint density at radius 2 is 2.17 bits per heavy atom. The van der Waals surface area contributed by atoms with Gasteiger partial charge in [0.1, 0.15) is 10.0 Å². The van der Waals surface area contributed by atoms with Gasteiger partial charge >= 0.3 is 0 Å². The van der Waals surface area contributed by atoms with Crippen LogP contribution in [0.15, 0.2) is 0 Å². The van der Waals surface area contributed by atoms with E-state index in [0.29, 0.717) is 6.54 Å². The number of methoxy groups -OCH3 is 1. The maximum atomic E-state index is 5.40. The lowest BCUT2D eigenvalue weighted by Crippen LogP contribution is -1.94. The number of hydrogen-bond acceptors (Lipinski definition) is 5. The number of hydrogen-bond donors (Lipinski definition) is 1. The van der Waals surface area contributed by atoms with Crippen LogP contribution in [0.5, 0.6) is 0 Å². The third-order valence-electron chi connectivity index (χ3n) is 1.42. The van der Waals surface area contributed by atoms with Crippen molar-refractivity contribution in [2.75, 3.05) is 13.7 Å². The van der Waals surface area contributed by atoms with E-state index in [0.717, 1.165) is 29.5 Å². The molecule has 0 radical (unpaired) electrons. The zero-order chi connectivity index (χ0) is 8.81. The van der Waals surface area contributed by atoms with Crippen molar-refractivity contribution in [2.45, 2.75) is 19.4 Å². The van der Waals surface area contributed by atoms with Crippen LogP contribution in [0.3, 0.4) is 0 Å². The number of ether oxygens (including phenoxy) is 1. The van der Waals surface area contributed by atoms with Gasteiger partial charge in [-0.2, -0.15) is 0 Å². The quantitative estimate of drug-likeness (QED) is 0.685. The van der Waals surface area contributed by atoms with E-state index in [1.807, 2.05) is 0 Å². The number of rotatable bonds is 5. The van der Waals surface area contributed by atoms with Crippen molar-refractivity contribution in [2.24, 2.45) is 5.73 Å². The van der Waals surface area contributed by atoms with Crippen LogP contribution in [0.1, 0.15) is 16.4 Å². The summed E-state index contributed by atoms with van der Waals surface area (Å²) in [5, 5.41) is 9.86. The molecule has 0 aliphatic carbocycles. The molecule has 0 bridgehead atoms. The topological polar surface area (TPSA) is 61.0 Å². The molecule has 0 atom stereocenters. The summed E-state index contributed by atoms with van der Waals surface area (Å²) in [7, 11) is 1.70. The Labute approximate surface area is 75.8 Å². The maximum absolute atomic E-state index is 5.40. The molecule has 0 aromatic carbocycles. The summed E-state index contributed by atoms with van der Waals surface area (Å²) in [6.45, 7) is 1.26. The zero-order valence-corrected chi connectivity index (χ0v) is 7.93. The van der Waals surface area contributed by atoms with Gasteiger partial charge in [0.15, 0.2) is 0 Å². The fraction of sp³-hybridized carbons (Fsp3) is 0.714. The van der Waals surface area contributed by atoms with Crippen molar-refractivity contribution in [3.63, 3.8) is 0 Å². The van der Waals surface area contributed by atoms with Crippen LogP contribution in [0.2, 0.25) is 0 Å². The molecule has 1 rings (SSSR count). The standard InChI is InChI=1S/C7H13N3OS/c1-11-4-2-3-6-9-10-7(5-8)12-6/h2-5,8H2,1H3. The second kappa shape index (κ2) is 5.18. The second-order valence-electron chi connectivity index (χ2n) is 2.39. The van der Waals surface area contributed by atoms with Crippen LogP contribution in [0, 0.1) is 0 Å². The first kappa shape index (κ1) is 9.57. The Hall–Kier alpha value is -0.520. The molecule has 0 aliphatic heterocycles. The Morgan fingerprint density at radius 1 is 1.42 bits per heavy atom. The molecule has 4 nitrogen and oxygen atoms in total. The van der Waals surface area contributed by atoms with E-state index in [1.54, 1.807) is 18.4 Å². The molecule has 12 heavy (non-hydrogen) atoms.